The Morgan fingerprint density at radius 2 is 2.44 bits per heavy atom. The Morgan fingerprint density at radius 1 is 1.67 bits per heavy atom. The molecule has 1 fully saturated rings. The average molecular weight is 287 g/mol. The molecule has 5 heteroatoms. The Bertz CT molecular complexity index is 413. The predicted molar refractivity (Wildman–Crippen MR) is 76.5 cm³/mol. The summed E-state index contributed by atoms with van der Waals surface area (Å²) in [5.41, 5.74) is 0. The minimum atomic E-state index is 0.0544. The van der Waals surface area contributed by atoms with Gasteiger partial charge in [0.25, 0.3) is 5.91 Å². The van der Waals surface area contributed by atoms with Crippen LogP contribution in [-0.2, 0) is 0 Å². The Balaban J connectivity index is 2.09. The van der Waals surface area contributed by atoms with E-state index in [0.29, 0.717) is 15.9 Å². The van der Waals surface area contributed by atoms with Crippen LogP contribution in [-0.4, -0.2) is 36.0 Å². The van der Waals surface area contributed by atoms with Crippen LogP contribution in [0.4, 0.5) is 0 Å². The first-order valence-corrected chi connectivity index (χ1v) is 7.62. The molecule has 18 heavy (non-hydrogen) atoms. The normalized spacial score (nSPS) is 19.4. The number of nitrogens with zero attached hydrogens (tertiary/aromatic N) is 1. The lowest BCUT2D eigenvalue weighted by Crippen LogP contribution is -2.44. The van der Waals surface area contributed by atoms with E-state index >= 15 is 0 Å². The lowest BCUT2D eigenvalue weighted by atomic mass is 10.2. The SMILES string of the molecule is CC(C)N(CC1CCCN1)C(=O)c1sccc1Cl. The third-order valence-corrected chi connectivity index (χ3v) is 4.60. The van der Waals surface area contributed by atoms with Gasteiger partial charge in [0.2, 0.25) is 0 Å². The first-order valence-electron chi connectivity index (χ1n) is 6.37. The molecule has 3 nitrogen and oxygen atoms in total. The molecule has 1 unspecified atom stereocenters. The van der Waals surface area contributed by atoms with Crippen molar-refractivity contribution >= 4 is 28.8 Å². The molecule has 0 bridgehead atoms. The third kappa shape index (κ3) is 3.05. The average Bonchev–Trinajstić information content (AvgIpc) is 2.95. The van der Waals surface area contributed by atoms with Gasteiger partial charge in [-0.15, -0.1) is 11.3 Å². The van der Waals surface area contributed by atoms with Crippen LogP contribution in [0.3, 0.4) is 0 Å². The largest absolute Gasteiger partial charge is 0.334 e. The third-order valence-electron chi connectivity index (χ3n) is 3.28. The highest BCUT2D eigenvalue weighted by atomic mass is 35.5. The molecular formula is C13H19ClN2OS. The van der Waals surface area contributed by atoms with Gasteiger partial charge in [0, 0.05) is 18.6 Å². The van der Waals surface area contributed by atoms with Gasteiger partial charge in [0.05, 0.1) is 5.02 Å². The fraction of sp³-hybridized carbons (Fsp3) is 0.615. The molecule has 0 aromatic carbocycles. The molecule has 2 heterocycles. The summed E-state index contributed by atoms with van der Waals surface area (Å²) >= 11 is 7.47. The Labute approximate surface area is 117 Å². The summed E-state index contributed by atoms with van der Waals surface area (Å²) in [4.78, 5) is 15.1. The van der Waals surface area contributed by atoms with E-state index in [9.17, 15) is 4.79 Å². The van der Waals surface area contributed by atoms with Crippen LogP contribution < -0.4 is 5.32 Å². The van der Waals surface area contributed by atoms with Gasteiger partial charge in [-0.3, -0.25) is 4.79 Å². The van der Waals surface area contributed by atoms with Crippen molar-refractivity contribution in [2.24, 2.45) is 0 Å². The van der Waals surface area contributed by atoms with E-state index < -0.39 is 0 Å². The van der Waals surface area contributed by atoms with Crippen molar-refractivity contribution in [1.82, 2.24) is 10.2 Å². The number of rotatable bonds is 4. The molecule has 1 N–H and O–H groups in total. The Hall–Kier alpha value is -0.580. The highest BCUT2D eigenvalue weighted by Gasteiger charge is 2.26. The second kappa shape index (κ2) is 6.04. The quantitative estimate of drug-likeness (QED) is 0.923. The van der Waals surface area contributed by atoms with Crippen LogP contribution in [0.1, 0.15) is 36.4 Å². The molecule has 1 aliphatic heterocycles. The van der Waals surface area contributed by atoms with Crippen LogP contribution in [0.15, 0.2) is 11.4 Å². The first kappa shape index (κ1) is 13.8. The maximum absolute atomic E-state index is 12.5. The molecular weight excluding hydrogens is 268 g/mol. The number of carbonyl (C=O) groups excluding carboxylic acids is 1. The van der Waals surface area contributed by atoms with Crippen molar-refractivity contribution in [3.63, 3.8) is 0 Å². The van der Waals surface area contributed by atoms with Crippen LogP contribution in [0.2, 0.25) is 5.02 Å². The molecule has 1 saturated heterocycles. The zero-order valence-electron chi connectivity index (χ0n) is 10.8. The van der Waals surface area contributed by atoms with Gasteiger partial charge in [0.15, 0.2) is 0 Å². The Morgan fingerprint density at radius 3 is 2.94 bits per heavy atom. The van der Waals surface area contributed by atoms with E-state index in [0.717, 1.165) is 19.5 Å². The van der Waals surface area contributed by atoms with E-state index in [2.05, 4.69) is 5.32 Å². The molecule has 1 aliphatic rings. The van der Waals surface area contributed by atoms with Crippen LogP contribution >= 0.6 is 22.9 Å². The van der Waals surface area contributed by atoms with Crippen LogP contribution in [0.5, 0.6) is 0 Å². The highest BCUT2D eigenvalue weighted by molar-refractivity contribution is 7.12. The zero-order valence-corrected chi connectivity index (χ0v) is 12.4. The molecule has 0 spiro atoms. The molecule has 100 valence electrons. The molecule has 2 rings (SSSR count). The highest BCUT2D eigenvalue weighted by Crippen LogP contribution is 2.25. The summed E-state index contributed by atoms with van der Waals surface area (Å²) in [5, 5.41) is 5.86. The van der Waals surface area contributed by atoms with Crippen molar-refractivity contribution in [1.29, 1.82) is 0 Å². The van der Waals surface area contributed by atoms with E-state index in [4.69, 9.17) is 11.6 Å². The van der Waals surface area contributed by atoms with Crippen molar-refractivity contribution in [2.45, 2.75) is 38.8 Å². The smallest absolute Gasteiger partial charge is 0.265 e. The molecule has 0 radical (unpaired) electrons. The maximum Gasteiger partial charge on any atom is 0.265 e. The van der Waals surface area contributed by atoms with Gasteiger partial charge in [0.1, 0.15) is 4.88 Å². The van der Waals surface area contributed by atoms with Gasteiger partial charge in [-0.2, -0.15) is 0 Å². The number of hydrogen-bond acceptors (Lipinski definition) is 3. The second-order valence-electron chi connectivity index (χ2n) is 4.94. The fourth-order valence-electron chi connectivity index (χ4n) is 2.25. The Kier molecular flexibility index (Phi) is 4.65. The van der Waals surface area contributed by atoms with Crippen LogP contribution in [0, 0.1) is 0 Å². The summed E-state index contributed by atoms with van der Waals surface area (Å²) in [6, 6.07) is 2.40. The number of halogens is 1. The molecule has 1 atom stereocenters. The number of amides is 1. The maximum atomic E-state index is 12.5. The van der Waals surface area contributed by atoms with Gasteiger partial charge < -0.3 is 10.2 Å². The number of hydrogen-bond donors (Lipinski definition) is 1. The molecule has 1 aromatic rings. The van der Waals surface area contributed by atoms with Gasteiger partial charge in [-0.25, -0.2) is 0 Å². The van der Waals surface area contributed by atoms with Crippen molar-refractivity contribution in [3.8, 4) is 0 Å². The van der Waals surface area contributed by atoms with Crippen molar-refractivity contribution < 1.29 is 4.79 Å². The van der Waals surface area contributed by atoms with E-state index in [-0.39, 0.29) is 11.9 Å². The fourth-order valence-corrected chi connectivity index (χ4v) is 3.35. The van der Waals surface area contributed by atoms with Crippen LogP contribution in [0.25, 0.3) is 0 Å². The molecule has 0 saturated carbocycles. The summed E-state index contributed by atoms with van der Waals surface area (Å²) < 4.78 is 0. The van der Waals surface area contributed by atoms with E-state index in [1.54, 1.807) is 6.07 Å². The second-order valence-corrected chi connectivity index (χ2v) is 6.27. The summed E-state index contributed by atoms with van der Waals surface area (Å²) in [6.07, 6.45) is 2.35. The molecule has 1 amide bonds. The first-order chi connectivity index (χ1) is 8.59. The molecule has 0 aliphatic carbocycles. The van der Waals surface area contributed by atoms with Crippen molar-refractivity contribution in [2.75, 3.05) is 13.1 Å². The minimum absolute atomic E-state index is 0.0544. The van der Waals surface area contributed by atoms with Gasteiger partial charge in [-0.05, 0) is 44.7 Å². The van der Waals surface area contributed by atoms with Gasteiger partial charge >= 0.3 is 0 Å². The predicted octanol–water partition coefficient (Wildman–Crippen LogP) is 3.00. The zero-order chi connectivity index (χ0) is 13.1. The van der Waals surface area contributed by atoms with Crippen molar-refractivity contribution in [3.05, 3.63) is 21.3 Å². The lowest BCUT2D eigenvalue weighted by molar-refractivity contribution is 0.0694. The van der Waals surface area contributed by atoms with Gasteiger partial charge in [-0.1, -0.05) is 11.6 Å². The van der Waals surface area contributed by atoms with E-state index in [1.807, 2.05) is 24.1 Å². The lowest BCUT2D eigenvalue weighted by Gasteiger charge is -2.29. The summed E-state index contributed by atoms with van der Waals surface area (Å²) in [7, 11) is 0. The monoisotopic (exact) mass is 286 g/mol. The number of nitrogens with one attached hydrogen (secondary N) is 1. The van der Waals surface area contributed by atoms with E-state index in [1.165, 1.54) is 17.8 Å². The summed E-state index contributed by atoms with van der Waals surface area (Å²) in [5.74, 6) is 0.0544. The molecule has 1 aromatic heterocycles. The minimum Gasteiger partial charge on any atom is -0.334 e. The number of thiophene rings is 1. The standard InChI is InChI=1S/C13H19ClN2OS/c1-9(2)16(8-10-4-3-6-15-10)13(17)12-11(14)5-7-18-12/h5,7,9-10,15H,3-4,6,8H2,1-2H3. The summed E-state index contributed by atoms with van der Waals surface area (Å²) in [6.45, 7) is 5.93. The number of carbonyl (C=O) groups is 1. The topological polar surface area (TPSA) is 32.3 Å².